The van der Waals surface area contributed by atoms with E-state index in [4.69, 9.17) is 10.5 Å². The fourth-order valence-electron chi connectivity index (χ4n) is 2.67. The Bertz CT molecular complexity index is 403. The highest BCUT2D eigenvalue weighted by Crippen LogP contribution is 2.31. The highest BCUT2D eigenvalue weighted by Gasteiger charge is 2.23. The lowest BCUT2D eigenvalue weighted by atomic mass is 9.84. The summed E-state index contributed by atoms with van der Waals surface area (Å²) in [6.07, 6.45) is 1.01. The largest absolute Gasteiger partial charge is 0.493 e. The van der Waals surface area contributed by atoms with Crippen molar-refractivity contribution in [3.05, 3.63) is 29.3 Å². The smallest absolute Gasteiger partial charge is 0.122 e. The quantitative estimate of drug-likeness (QED) is 0.839. The third kappa shape index (κ3) is 2.68. The van der Waals surface area contributed by atoms with Crippen molar-refractivity contribution in [2.45, 2.75) is 26.3 Å². The molecule has 3 nitrogen and oxygen atoms in total. The van der Waals surface area contributed by atoms with E-state index in [1.54, 1.807) is 0 Å². The van der Waals surface area contributed by atoms with Crippen LogP contribution in [0.25, 0.3) is 0 Å². The van der Waals surface area contributed by atoms with Crippen molar-refractivity contribution in [1.82, 2.24) is 5.32 Å². The average molecular weight is 248 g/mol. The van der Waals surface area contributed by atoms with Gasteiger partial charge in [-0.3, -0.25) is 0 Å². The lowest BCUT2D eigenvalue weighted by Gasteiger charge is -2.27. The number of ether oxygens (including phenoxy) is 1. The van der Waals surface area contributed by atoms with Gasteiger partial charge in [0.1, 0.15) is 5.75 Å². The topological polar surface area (TPSA) is 47.3 Å². The third-order valence-corrected chi connectivity index (χ3v) is 3.86. The maximum absolute atomic E-state index is 6.44. The number of benzene rings is 1. The molecule has 1 aromatic rings. The summed E-state index contributed by atoms with van der Waals surface area (Å²) in [6, 6.07) is 6.48. The van der Waals surface area contributed by atoms with Crippen molar-refractivity contribution in [3.63, 3.8) is 0 Å². The van der Waals surface area contributed by atoms with Crippen LogP contribution in [0.1, 0.15) is 31.0 Å². The first-order valence-electron chi connectivity index (χ1n) is 6.79. The van der Waals surface area contributed by atoms with Gasteiger partial charge in [-0.2, -0.15) is 0 Å². The van der Waals surface area contributed by atoms with Gasteiger partial charge in [0, 0.05) is 12.5 Å². The SMILES string of the molecule is CNCC(C(C)C)C(N)c1ccc2c(c1)CCO2. The first-order valence-corrected chi connectivity index (χ1v) is 6.79. The Hall–Kier alpha value is -1.06. The van der Waals surface area contributed by atoms with Gasteiger partial charge in [0.2, 0.25) is 0 Å². The van der Waals surface area contributed by atoms with Crippen molar-refractivity contribution in [2.75, 3.05) is 20.2 Å². The van der Waals surface area contributed by atoms with Gasteiger partial charge in [-0.15, -0.1) is 0 Å². The van der Waals surface area contributed by atoms with E-state index in [1.165, 1.54) is 11.1 Å². The molecule has 1 aliphatic rings. The molecule has 0 saturated carbocycles. The highest BCUT2D eigenvalue weighted by molar-refractivity contribution is 5.40. The lowest BCUT2D eigenvalue weighted by Crippen LogP contribution is -2.33. The van der Waals surface area contributed by atoms with Crippen molar-refractivity contribution in [2.24, 2.45) is 17.6 Å². The van der Waals surface area contributed by atoms with E-state index in [0.717, 1.165) is 25.3 Å². The van der Waals surface area contributed by atoms with Crippen LogP contribution in [0.15, 0.2) is 18.2 Å². The molecule has 3 N–H and O–H groups in total. The Morgan fingerprint density at radius 1 is 1.39 bits per heavy atom. The summed E-state index contributed by atoms with van der Waals surface area (Å²) in [6.45, 7) is 6.22. The molecule has 18 heavy (non-hydrogen) atoms. The predicted octanol–water partition coefficient (Wildman–Crippen LogP) is 2.11. The van der Waals surface area contributed by atoms with E-state index < -0.39 is 0 Å². The molecule has 0 amide bonds. The zero-order valence-corrected chi connectivity index (χ0v) is 11.6. The molecular formula is C15H24N2O. The molecule has 0 radical (unpaired) electrons. The second-order valence-corrected chi connectivity index (χ2v) is 5.46. The Balaban J connectivity index is 2.19. The molecule has 100 valence electrons. The molecule has 1 aliphatic heterocycles. The van der Waals surface area contributed by atoms with Crippen LogP contribution in [0.3, 0.4) is 0 Å². The van der Waals surface area contributed by atoms with Crippen molar-refractivity contribution >= 4 is 0 Å². The standard InChI is InChI=1S/C15H24N2O/c1-10(2)13(9-17-3)15(16)12-4-5-14-11(8-12)6-7-18-14/h4-5,8,10,13,15,17H,6-7,9,16H2,1-3H3. The monoisotopic (exact) mass is 248 g/mol. The molecule has 1 aromatic carbocycles. The third-order valence-electron chi connectivity index (χ3n) is 3.86. The molecule has 0 saturated heterocycles. The van der Waals surface area contributed by atoms with Crippen LogP contribution in [0.4, 0.5) is 0 Å². The van der Waals surface area contributed by atoms with Crippen LogP contribution in [0.2, 0.25) is 0 Å². The maximum Gasteiger partial charge on any atom is 0.122 e. The minimum Gasteiger partial charge on any atom is -0.493 e. The van der Waals surface area contributed by atoms with Crippen molar-refractivity contribution in [3.8, 4) is 5.75 Å². The molecule has 0 fully saturated rings. The first kappa shape index (κ1) is 13.4. The molecule has 2 unspecified atom stereocenters. The molecule has 0 aliphatic carbocycles. The Labute approximate surface area is 110 Å². The summed E-state index contributed by atoms with van der Waals surface area (Å²) < 4.78 is 5.54. The van der Waals surface area contributed by atoms with Crippen LogP contribution in [-0.4, -0.2) is 20.2 Å². The number of nitrogens with two attached hydrogens (primary N) is 1. The highest BCUT2D eigenvalue weighted by atomic mass is 16.5. The van der Waals surface area contributed by atoms with Gasteiger partial charge in [-0.05, 0) is 42.6 Å². The average Bonchev–Trinajstić information content (AvgIpc) is 2.81. The molecule has 2 rings (SSSR count). The minimum absolute atomic E-state index is 0.0864. The summed E-state index contributed by atoms with van der Waals surface area (Å²) >= 11 is 0. The number of nitrogens with one attached hydrogen (secondary N) is 1. The Kier molecular flexibility index (Phi) is 4.25. The summed E-state index contributed by atoms with van der Waals surface area (Å²) in [5.41, 5.74) is 8.97. The predicted molar refractivity (Wildman–Crippen MR) is 74.8 cm³/mol. The van der Waals surface area contributed by atoms with Crippen LogP contribution in [-0.2, 0) is 6.42 Å². The zero-order valence-electron chi connectivity index (χ0n) is 11.6. The Morgan fingerprint density at radius 2 is 2.17 bits per heavy atom. The van der Waals surface area contributed by atoms with Crippen LogP contribution in [0, 0.1) is 11.8 Å². The lowest BCUT2D eigenvalue weighted by molar-refractivity contribution is 0.314. The summed E-state index contributed by atoms with van der Waals surface area (Å²) in [5.74, 6) is 2.05. The molecule has 0 bridgehead atoms. The number of hydrogen-bond acceptors (Lipinski definition) is 3. The molecule has 0 aromatic heterocycles. The first-order chi connectivity index (χ1) is 8.63. The van der Waals surface area contributed by atoms with Crippen molar-refractivity contribution < 1.29 is 4.74 Å². The van der Waals surface area contributed by atoms with E-state index in [0.29, 0.717) is 11.8 Å². The van der Waals surface area contributed by atoms with Crippen LogP contribution in [0.5, 0.6) is 5.75 Å². The number of fused-ring (bicyclic) bond motifs is 1. The van der Waals surface area contributed by atoms with Gasteiger partial charge in [-0.25, -0.2) is 0 Å². The number of rotatable bonds is 5. The molecule has 3 heteroatoms. The van der Waals surface area contributed by atoms with Crippen molar-refractivity contribution in [1.29, 1.82) is 0 Å². The van der Waals surface area contributed by atoms with E-state index in [-0.39, 0.29) is 6.04 Å². The van der Waals surface area contributed by atoms with Crippen LogP contribution < -0.4 is 15.8 Å². The summed E-state index contributed by atoms with van der Waals surface area (Å²) in [7, 11) is 1.98. The summed E-state index contributed by atoms with van der Waals surface area (Å²) in [5, 5.41) is 3.25. The molecule has 2 atom stereocenters. The number of hydrogen-bond donors (Lipinski definition) is 2. The normalized spacial score (nSPS) is 17.4. The van der Waals surface area contributed by atoms with Gasteiger partial charge in [-0.1, -0.05) is 26.0 Å². The zero-order chi connectivity index (χ0) is 13.1. The van der Waals surface area contributed by atoms with Gasteiger partial charge < -0.3 is 15.8 Å². The summed E-state index contributed by atoms with van der Waals surface area (Å²) in [4.78, 5) is 0. The van der Waals surface area contributed by atoms with Crippen LogP contribution >= 0.6 is 0 Å². The van der Waals surface area contributed by atoms with Gasteiger partial charge >= 0.3 is 0 Å². The minimum atomic E-state index is 0.0864. The van der Waals surface area contributed by atoms with Gasteiger partial charge in [0.05, 0.1) is 6.61 Å². The Morgan fingerprint density at radius 3 is 2.83 bits per heavy atom. The molecule has 1 heterocycles. The fraction of sp³-hybridized carbons (Fsp3) is 0.600. The van der Waals surface area contributed by atoms with E-state index in [9.17, 15) is 0 Å². The van der Waals surface area contributed by atoms with E-state index >= 15 is 0 Å². The molecular weight excluding hydrogens is 224 g/mol. The fourth-order valence-corrected chi connectivity index (χ4v) is 2.67. The maximum atomic E-state index is 6.44. The second-order valence-electron chi connectivity index (χ2n) is 5.46. The second kappa shape index (κ2) is 5.72. The molecule has 0 spiro atoms. The van der Waals surface area contributed by atoms with Gasteiger partial charge in [0.25, 0.3) is 0 Å². The van der Waals surface area contributed by atoms with E-state index in [2.05, 4.69) is 37.4 Å². The van der Waals surface area contributed by atoms with Gasteiger partial charge in [0.15, 0.2) is 0 Å². The van der Waals surface area contributed by atoms with E-state index in [1.807, 2.05) is 7.05 Å².